The van der Waals surface area contributed by atoms with Crippen LogP contribution in [0.15, 0.2) is 24.3 Å². The molecule has 0 radical (unpaired) electrons. The van der Waals surface area contributed by atoms with E-state index >= 15 is 0 Å². The molecular formula is C15H22N2O3. The van der Waals surface area contributed by atoms with E-state index in [4.69, 9.17) is 9.47 Å². The Bertz CT molecular complexity index is 451. The standard InChI is InChI=1S/C15H22N2O3/c1-15(2,12-4-6-13(19-3)7-5-12)16-14(18)17-8-10-20-11-9-17/h4-7H,8-11H2,1-3H3,(H,16,18). The first kappa shape index (κ1) is 14.7. The first-order valence-corrected chi connectivity index (χ1v) is 6.82. The Morgan fingerprint density at radius 2 is 1.85 bits per heavy atom. The Balaban J connectivity index is 2.03. The summed E-state index contributed by atoms with van der Waals surface area (Å²) in [5, 5.41) is 3.07. The van der Waals surface area contributed by atoms with E-state index in [1.54, 1.807) is 12.0 Å². The first-order chi connectivity index (χ1) is 9.53. The van der Waals surface area contributed by atoms with Crippen molar-refractivity contribution in [1.82, 2.24) is 10.2 Å². The highest BCUT2D eigenvalue weighted by molar-refractivity contribution is 5.75. The fourth-order valence-corrected chi connectivity index (χ4v) is 2.19. The molecule has 1 saturated heterocycles. The van der Waals surface area contributed by atoms with E-state index < -0.39 is 5.54 Å². The zero-order valence-electron chi connectivity index (χ0n) is 12.3. The highest BCUT2D eigenvalue weighted by Crippen LogP contribution is 2.23. The van der Waals surface area contributed by atoms with Crippen LogP contribution in [0, 0.1) is 0 Å². The number of morpholine rings is 1. The van der Waals surface area contributed by atoms with Gasteiger partial charge in [0, 0.05) is 13.1 Å². The Morgan fingerprint density at radius 3 is 2.40 bits per heavy atom. The van der Waals surface area contributed by atoms with E-state index in [2.05, 4.69) is 5.32 Å². The quantitative estimate of drug-likeness (QED) is 0.919. The number of nitrogens with zero attached hydrogens (tertiary/aromatic N) is 1. The summed E-state index contributed by atoms with van der Waals surface area (Å²) in [4.78, 5) is 14.0. The van der Waals surface area contributed by atoms with Crippen LogP contribution in [0.2, 0.25) is 0 Å². The number of benzene rings is 1. The average Bonchev–Trinajstić information content (AvgIpc) is 2.48. The second-order valence-corrected chi connectivity index (χ2v) is 5.38. The molecule has 2 rings (SSSR count). The largest absolute Gasteiger partial charge is 0.497 e. The topological polar surface area (TPSA) is 50.8 Å². The molecule has 2 amide bonds. The summed E-state index contributed by atoms with van der Waals surface area (Å²) in [6, 6.07) is 7.70. The van der Waals surface area contributed by atoms with Crippen molar-refractivity contribution in [3.05, 3.63) is 29.8 Å². The van der Waals surface area contributed by atoms with Crippen molar-refractivity contribution in [1.29, 1.82) is 0 Å². The van der Waals surface area contributed by atoms with Crippen LogP contribution >= 0.6 is 0 Å². The van der Waals surface area contributed by atoms with Gasteiger partial charge in [0.05, 0.1) is 25.9 Å². The lowest BCUT2D eigenvalue weighted by Gasteiger charge is -2.33. The number of rotatable bonds is 3. The maximum atomic E-state index is 12.2. The Labute approximate surface area is 119 Å². The number of carbonyl (C=O) groups is 1. The Morgan fingerprint density at radius 1 is 1.25 bits per heavy atom. The normalized spacial score (nSPS) is 15.8. The number of carbonyl (C=O) groups excluding carboxylic acids is 1. The van der Waals surface area contributed by atoms with Gasteiger partial charge < -0.3 is 19.7 Å². The third-order valence-corrected chi connectivity index (χ3v) is 3.53. The monoisotopic (exact) mass is 278 g/mol. The summed E-state index contributed by atoms with van der Waals surface area (Å²) in [5.41, 5.74) is 0.613. The molecule has 110 valence electrons. The van der Waals surface area contributed by atoms with Crippen LogP contribution in [0.25, 0.3) is 0 Å². The number of ether oxygens (including phenoxy) is 2. The molecule has 1 aromatic rings. The average molecular weight is 278 g/mol. The first-order valence-electron chi connectivity index (χ1n) is 6.82. The molecule has 0 spiro atoms. The lowest BCUT2D eigenvalue weighted by molar-refractivity contribution is 0.0514. The van der Waals surface area contributed by atoms with Crippen molar-refractivity contribution in [2.45, 2.75) is 19.4 Å². The third-order valence-electron chi connectivity index (χ3n) is 3.53. The molecule has 0 bridgehead atoms. The van der Waals surface area contributed by atoms with Gasteiger partial charge in [-0.05, 0) is 31.5 Å². The number of amides is 2. The molecule has 0 unspecified atom stereocenters. The van der Waals surface area contributed by atoms with E-state index in [1.165, 1.54) is 0 Å². The number of hydrogen-bond acceptors (Lipinski definition) is 3. The predicted octanol–water partition coefficient (Wildman–Crippen LogP) is 1.97. The highest BCUT2D eigenvalue weighted by atomic mass is 16.5. The molecule has 0 saturated carbocycles. The predicted molar refractivity (Wildman–Crippen MR) is 76.9 cm³/mol. The number of urea groups is 1. The minimum atomic E-state index is -0.429. The zero-order chi connectivity index (χ0) is 14.6. The third kappa shape index (κ3) is 3.42. The summed E-state index contributed by atoms with van der Waals surface area (Å²) < 4.78 is 10.4. The van der Waals surface area contributed by atoms with Crippen molar-refractivity contribution in [3.63, 3.8) is 0 Å². The zero-order valence-corrected chi connectivity index (χ0v) is 12.3. The maximum Gasteiger partial charge on any atom is 0.318 e. The van der Waals surface area contributed by atoms with E-state index in [9.17, 15) is 4.79 Å². The summed E-state index contributed by atoms with van der Waals surface area (Å²) in [7, 11) is 1.64. The smallest absolute Gasteiger partial charge is 0.318 e. The van der Waals surface area contributed by atoms with E-state index in [-0.39, 0.29) is 6.03 Å². The number of nitrogens with one attached hydrogen (secondary N) is 1. The summed E-state index contributed by atoms with van der Waals surface area (Å²) >= 11 is 0. The summed E-state index contributed by atoms with van der Waals surface area (Å²) in [6.45, 7) is 6.49. The molecule has 0 aliphatic carbocycles. The molecule has 1 aliphatic heterocycles. The molecule has 1 aromatic carbocycles. The van der Waals surface area contributed by atoms with Gasteiger partial charge in [0.25, 0.3) is 0 Å². The summed E-state index contributed by atoms with van der Waals surface area (Å²) in [6.07, 6.45) is 0. The minimum absolute atomic E-state index is 0.0471. The minimum Gasteiger partial charge on any atom is -0.497 e. The van der Waals surface area contributed by atoms with Crippen molar-refractivity contribution in [2.75, 3.05) is 33.4 Å². The van der Waals surface area contributed by atoms with Crippen molar-refractivity contribution >= 4 is 6.03 Å². The van der Waals surface area contributed by atoms with Crippen molar-refractivity contribution in [2.24, 2.45) is 0 Å². The lowest BCUT2D eigenvalue weighted by atomic mass is 9.94. The second kappa shape index (κ2) is 6.13. The van der Waals surface area contributed by atoms with Gasteiger partial charge in [0.2, 0.25) is 0 Å². The van der Waals surface area contributed by atoms with Crippen LogP contribution in [-0.4, -0.2) is 44.3 Å². The van der Waals surface area contributed by atoms with Crippen molar-refractivity contribution in [3.8, 4) is 5.75 Å². The molecule has 0 atom stereocenters. The van der Waals surface area contributed by atoms with E-state index in [1.807, 2.05) is 38.1 Å². The van der Waals surface area contributed by atoms with Gasteiger partial charge >= 0.3 is 6.03 Å². The van der Waals surface area contributed by atoms with Gasteiger partial charge in [-0.1, -0.05) is 12.1 Å². The summed E-state index contributed by atoms with van der Waals surface area (Å²) in [5.74, 6) is 0.809. The van der Waals surface area contributed by atoms with Gasteiger partial charge in [-0.15, -0.1) is 0 Å². The molecule has 20 heavy (non-hydrogen) atoms. The Kier molecular flexibility index (Phi) is 4.49. The van der Waals surface area contributed by atoms with Crippen LogP contribution in [0.1, 0.15) is 19.4 Å². The molecular weight excluding hydrogens is 256 g/mol. The van der Waals surface area contributed by atoms with E-state index in [0.29, 0.717) is 26.3 Å². The maximum absolute atomic E-state index is 12.2. The molecule has 5 nitrogen and oxygen atoms in total. The van der Waals surface area contributed by atoms with Crippen LogP contribution in [0.4, 0.5) is 4.79 Å². The van der Waals surface area contributed by atoms with Crippen molar-refractivity contribution < 1.29 is 14.3 Å². The molecule has 0 aromatic heterocycles. The van der Waals surface area contributed by atoms with Gasteiger partial charge in [-0.2, -0.15) is 0 Å². The molecule has 1 N–H and O–H groups in total. The fourth-order valence-electron chi connectivity index (χ4n) is 2.19. The fraction of sp³-hybridized carbons (Fsp3) is 0.533. The highest BCUT2D eigenvalue weighted by Gasteiger charge is 2.26. The second-order valence-electron chi connectivity index (χ2n) is 5.38. The SMILES string of the molecule is COc1ccc(C(C)(C)NC(=O)N2CCOCC2)cc1. The number of hydrogen-bond donors (Lipinski definition) is 1. The van der Waals surface area contributed by atoms with Gasteiger partial charge in [0.15, 0.2) is 0 Å². The molecule has 1 fully saturated rings. The van der Waals surface area contributed by atoms with E-state index in [0.717, 1.165) is 11.3 Å². The lowest BCUT2D eigenvalue weighted by Crippen LogP contribution is -2.51. The van der Waals surface area contributed by atoms with Gasteiger partial charge in [-0.25, -0.2) is 4.79 Å². The molecule has 5 heteroatoms. The van der Waals surface area contributed by atoms with Crippen LogP contribution in [0.3, 0.4) is 0 Å². The van der Waals surface area contributed by atoms with Gasteiger partial charge in [0.1, 0.15) is 5.75 Å². The molecule has 1 aliphatic rings. The molecule has 1 heterocycles. The number of methoxy groups -OCH3 is 1. The Hall–Kier alpha value is -1.75. The van der Waals surface area contributed by atoms with Crippen LogP contribution < -0.4 is 10.1 Å². The van der Waals surface area contributed by atoms with Crippen LogP contribution in [0.5, 0.6) is 5.75 Å². The van der Waals surface area contributed by atoms with Gasteiger partial charge in [-0.3, -0.25) is 0 Å². The van der Waals surface area contributed by atoms with Crippen LogP contribution in [-0.2, 0) is 10.3 Å².